The van der Waals surface area contributed by atoms with Crippen molar-refractivity contribution in [2.75, 3.05) is 0 Å². The first-order chi connectivity index (χ1) is 15.5. The van der Waals surface area contributed by atoms with Crippen LogP contribution in [0.1, 0.15) is 21.6 Å². The number of hydrogen-bond donors (Lipinski definition) is 0. The fraction of sp³-hybridized carbons (Fsp3) is 0. The van der Waals surface area contributed by atoms with E-state index in [0.29, 0.717) is 16.1 Å². The van der Waals surface area contributed by atoms with Crippen LogP contribution in [0.15, 0.2) is 94.5 Å². The molecule has 4 nitrogen and oxygen atoms in total. The largest absolute Gasteiger partial charge is 0.858 e. The van der Waals surface area contributed by atoms with Crippen molar-refractivity contribution < 1.29 is 18.7 Å². The Morgan fingerprint density at radius 2 is 1.56 bits per heavy atom. The second kappa shape index (κ2) is 8.26. The van der Waals surface area contributed by atoms with Crippen molar-refractivity contribution in [3.8, 4) is 0 Å². The highest BCUT2D eigenvalue weighted by Crippen LogP contribution is 2.35. The van der Waals surface area contributed by atoms with Gasteiger partial charge in [0, 0.05) is 10.9 Å². The summed E-state index contributed by atoms with van der Waals surface area (Å²) in [4.78, 5) is 18.6. The Bertz CT molecular complexity index is 1510. The Morgan fingerprint density at radius 3 is 2.28 bits per heavy atom. The number of aromatic nitrogens is 1. The standard InChI is InChI=1S/C25H14BrFN2O2S/c26-20-14-29-21(22(30)15-10-12-17(27)13-11-15)24(28-23(31)16-6-2-1-3-7-16)32-25(29)19-9-5-4-8-18(19)20/h1-14H. The average Bonchev–Trinajstić information content (AvgIpc) is 3.17. The predicted octanol–water partition coefficient (Wildman–Crippen LogP) is 5.21. The molecule has 0 saturated carbocycles. The molecule has 2 heterocycles. The lowest BCUT2D eigenvalue weighted by molar-refractivity contribution is -0.508. The number of nitrogens with zero attached hydrogens (tertiary/aromatic N) is 2. The highest BCUT2D eigenvalue weighted by molar-refractivity contribution is 9.10. The second-order valence-electron chi connectivity index (χ2n) is 7.07. The molecular weight excluding hydrogens is 491 g/mol. The number of benzene rings is 3. The molecule has 32 heavy (non-hydrogen) atoms. The topological polar surface area (TPSA) is 56.6 Å². The molecule has 0 fully saturated rings. The Morgan fingerprint density at radius 1 is 0.906 bits per heavy atom. The molecule has 156 valence electrons. The van der Waals surface area contributed by atoms with Crippen LogP contribution >= 0.6 is 27.3 Å². The minimum atomic E-state index is -0.436. The summed E-state index contributed by atoms with van der Waals surface area (Å²) >= 11 is 4.86. The number of rotatable bonds is 4. The second-order valence-corrected chi connectivity index (χ2v) is 8.90. The van der Waals surface area contributed by atoms with E-state index in [-0.39, 0.29) is 11.5 Å². The van der Waals surface area contributed by atoms with E-state index in [1.807, 2.05) is 30.3 Å². The van der Waals surface area contributed by atoms with Crippen molar-refractivity contribution in [2.24, 2.45) is 4.99 Å². The third-order valence-corrected chi connectivity index (χ3v) is 6.78. The number of halogens is 2. The van der Waals surface area contributed by atoms with Gasteiger partial charge < -0.3 is 5.11 Å². The SMILES string of the molecule is O=C(c1ccc(F)cc1)c1c(/N=C(\[O-])c2ccccc2)sc2c3ccccc3c(Br)c[n+]12. The Kier molecular flexibility index (Phi) is 5.28. The summed E-state index contributed by atoms with van der Waals surface area (Å²) in [5.74, 6) is -1.21. The number of fused-ring (bicyclic) bond motifs is 3. The summed E-state index contributed by atoms with van der Waals surface area (Å²) in [6.07, 6.45) is 1.80. The number of ketones is 1. The van der Waals surface area contributed by atoms with Gasteiger partial charge in [-0.25, -0.2) is 9.38 Å². The smallest absolute Gasteiger partial charge is 0.296 e. The van der Waals surface area contributed by atoms with Crippen molar-refractivity contribution in [3.63, 3.8) is 0 Å². The third kappa shape index (κ3) is 3.59. The van der Waals surface area contributed by atoms with Gasteiger partial charge in [-0.05, 0) is 69.1 Å². The number of carbonyl (C=O) groups is 1. The van der Waals surface area contributed by atoms with E-state index in [1.165, 1.54) is 35.6 Å². The highest BCUT2D eigenvalue weighted by Gasteiger charge is 2.31. The first-order valence-electron chi connectivity index (χ1n) is 9.70. The Balaban J connectivity index is 1.80. The zero-order valence-corrected chi connectivity index (χ0v) is 18.9. The molecule has 3 aromatic carbocycles. The van der Waals surface area contributed by atoms with Gasteiger partial charge in [-0.1, -0.05) is 48.5 Å². The van der Waals surface area contributed by atoms with Crippen LogP contribution in [0.25, 0.3) is 15.6 Å². The lowest BCUT2D eigenvalue weighted by Crippen LogP contribution is -2.28. The van der Waals surface area contributed by atoms with E-state index in [0.717, 1.165) is 20.1 Å². The number of aliphatic imine (C=N–C) groups is 1. The maximum absolute atomic E-state index is 13.5. The molecule has 0 spiro atoms. The van der Waals surface area contributed by atoms with Crippen LogP contribution in [0.2, 0.25) is 0 Å². The molecule has 2 aromatic heterocycles. The van der Waals surface area contributed by atoms with E-state index in [1.54, 1.807) is 34.9 Å². The highest BCUT2D eigenvalue weighted by atomic mass is 79.9. The molecule has 0 aliphatic carbocycles. The van der Waals surface area contributed by atoms with Gasteiger partial charge in [0.25, 0.3) is 16.3 Å². The number of pyridine rings is 1. The van der Waals surface area contributed by atoms with Crippen LogP contribution < -0.4 is 9.51 Å². The van der Waals surface area contributed by atoms with Gasteiger partial charge in [0.1, 0.15) is 5.82 Å². The van der Waals surface area contributed by atoms with Crippen LogP contribution in [-0.4, -0.2) is 11.7 Å². The third-order valence-electron chi connectivity index (χ3n) is 5.06. The van der Waals surface area contributed by atoms with Crippen LogP contribution in [-0.2, 0) is 0 Å². The van der Waals surface area contributed by atoms with Crippen LogP contribution in [0.5, 0.6) is 0 Å². The van der Waals surface area contributed by atoms with E-state index in [4.69, 9.17) is 0 Å². The quantitative estimate of drug-likeness (QED) is 0.146. The van der Waals surface area contributed by atoms with E-state index < -0.39 is 11.7 Å². The van der Waals surface area contributed by atoms with E-state index >= 15 is 0 Å². The molecule has 0 unspecified atom stereocenters. The molecular formula is C25H14BrFN2O2S. The van der Waals surface area contributed by atoms with Gasteiger partial charge in [-0.3, -0.25) is 4.79 Å². The molecule has 0 radical (unpaired) electrons. The fourth-order valence-electron chi connectivity index (χ4n) is 3.52. The molecule has 0 bridgehead atoms. The first-order valence-corrected chi connectivity index (χ1v) is 11.3. The molecule has 0 aliphatic heterocycles. The zero-order chi connectivity index (χ0) is 22.2. The molecule has 5 aromatic rings. The van der Waals surface area contributed by atoms with Crippen LogP contribution in [0.3, 0.4) is 0 Å². The van der Waals surface area contributed by atoms with Gasteiger partial charge in [0.15, 0.2) is 11.2 Å². The normalized spacial score (nSPS) is 11.9. The van der Waals surface area contributed by atoms with Crippen LogP contribution in [0.4, 0.5) is 9.39 Å². The van der Waals surface area contributed by atoms with Gasteiger partial charge in [0.2, 0.25) is 0 Å². The van der Waals surface area contributed by atoms with Gasteiger partial charge in [-0.15, -0.1) is 4.40 Å². The molecule has 0 aliphatic rings. The maximum Gasteiger partial charge on any atom is 0.296 e. The van der Waals surface area contributed by atoms with Crippen molar-refractivity contribution in [1.29, 1.82) is 0 Å². The number of hydrogen-bond acceptors (Lipinski definition) is 4. The lowest BCUT2D eigenvalue weighted by atomic mass is 10.1. The summed E-state index contributed by atoms with van der Waals surface area (Å²) in [5.41, 5.74) is 1.00. The predicted molar refractivity (Wildman–Crippen MR) is 125 cm³/mol. The monoisotopic (exact) mass is 504 g/mol. The fourth-order valence-corrected chi connectivity index (χ4v) is 5.20. The molecule has 0 N–H and O–H groups in total. The van der Waals surface area contributed by atoms with Crippen molar-refractivity contribution in [2.45, 2.75) is 0 Å². The first kappa shape index (κ1) is 20.5. The summed E-state index contributed by atoms with van der Waals surface area (Å²) in [6.45, 7) is 0. The molecule has 0 atom stereocenters. The maximum atomic E-state index is 13.5. The van der Waals surface area contributed by atoms with Gasteiger partial charge in [-0.2, -0.15) is 0 Å². The average molecular weight is 505 g/mol. The minimum absolute atomic E-state index is 0.257. The van der Waals surface area contributed by atoms with Gasteiger partial charge in [0.05, 0.1) is 9.86 Å². The van der Waals surface area contributed by atoms with E-state index in [9.17, 15) is 14.3 Å². The lowest BCUT2D eigenvalue weighted by Gasteiger charge is -2.09. The molecule has 5 rings (SSSR count). The molecule has 7 heteroatoms. The Hall–Kier alpha value is -3.42. The van der Waals surface area contributed by atoms with Crippen molar-refractivity contribution in [1.82, 2.24) is 0 Å². The van der Waals surface area contributed by atoms with Crippen molar-refractivity contribution >= 4 is 59.6 Å². The summed E-state index contributed by atoms with van der Waals surface area (Å²) < 4.78 is 16.0. The van der Waals surface area contributed by atoms with E-state index in [2.05, 4.69) is 20.9 Å². The zero-order valence-electron chi connectivity index (χ0n) is 16.5. The molecule has 0 saturated heterocycles. The number of thiazole rings is 1. The number of carbonyl (C=O) groups excluding carboxylic acids is 1. The summed E-state index contributed by atoms with van der Waals surface area (Å²) in [7, 11) is 0. The minimum Gasteiger partial charge on any atom is -0.858 e. The summed E-state index contributed by atoms with van der Waals surface area (Å²) in [5, 5.41) is 15.0. The summed E-state index contributed by atoms with van der Waals surface area (Å²) in [6, 6.07) is 21.8. The Labute approximate surface area is 195 Å². The van der Waals surface area contributed by atoms with Crippen molar-refractivity contribution in [3.05, 3.63) is 112 Å². The molecule has 0 amide bonds. The van der Waals surface area contributed by atoms with Crippen LogP contribution in [0, 0.1) is 5.82 Å². The van der Waals surface area contributed by atoms with Gasteiger partial charge >= 0.3 is 0 Å².